The smallest absolute Gasteiger partial charge is 0.222 e. The molecule has 1 atom stereocenters. The van der Waals surface area contributed by atoms with Crippen molar-refractivity contribution in [1.82, 2.24) is 19.9 Å². The van der Waals surface area contributed by atoms with Crippen LogP contribution in [0.3, 0.4) is 0 Å². The van der Waals surface area contributed by atoms with Gasteiger partial charge in [-0.15, -0.1) is 0 Å². The molecule has 5 rings (SSSR count). The zero-order valence-corrected chi connectivity index (χ0v) is 21.6. The molecule has 194 valence electrons. The summed E-state index contributed by atoms with van der Waals surface area (Å²) in [6.45, 7) is 4.72. The molecule has 5 N–H and O–H groups in total. The summed E-state index contributed by atoms with van der Waals surface area (Å²) in [7, 11) is 1.72. The maximum absolute atomic E-state index is 9.64. The third-order valence-electron chi connectivity index (χ3n) is 7.08. The van der Waals surface area contributed by atoms with E-state index in [0.717, 1.165) is 65.6 Å². The predicted molar refractivity (Wildman–Crippen MR) is 151 cm³/mol. The molecular formula is C29H36N6O2. The average molecular weight is 501 g/mol. The number of hydrogen-bond acceptors (Lipinski definition) is 7. The average Bonchev–Trinajstić information content (AvgIpc) is 3.23. The first-order valence-electron chi connectivity index (χ1n) is 13.1. The standard InChI is InChI=1S/C29H36N6O2/c1-3-7-22(13-15-36)32-28-27-26(33-29(30)34-28)23-9-4-5-10-24(23)35(27)18-21-16-19(11-12-25(21)37-2)20-8-6-14-31-17-20/h4-5,8-12,16,22,31,36H,3,6-7,13-15,17-18H2,1-2H3,(H3,30,32,33,34)/t22-/m0/s1. The Bertz CT molecular complexity index is 1420. The number of hydrogen-bond donors (Lipinski definition) is 4. The van der Waals surface area contributed by atoms with Gasteiger partial charge in [-0.1, -0.05) is 43.7 Å². The number of nitrogens with zero attached hydrogens (tertiary/aromatic N) is 3. The van der Waals surface area contributed by atoms with Crippen molar-refractivity contribution >= 4 is 39.3 Å². The van der Waals surface area contributed by atoms with Crippen molar-refractivity contribution < 1.29 is 9.84 Å². The van der Waals surface area contributed by atoms with Gasteiger partial charge in [-0.2, -0.15) is 4.98 Å². The molecule has 8 heteroatoms. The normalized spacial score (nSPS) is 14.6. The predicted octanol–water partition coefficient (Wildman–Crippen LogP) is 4.56. The van der Waals surface area contributed by atoms with Crippen molar-refractivity contribution in [3.63, 3.8) is 0 Å². The molecule has 2 aromatic carbocycles. The molecule has 0 unspecified atom stereocenters. The lowest BCUT2D eigenvalue weighted by Crippen LogP contribution is -2.22. The fourth-order valence-electron chi connectivity index (χ4n) is 5.33. The van der Waals surface area contributed by atoms with Crippen LogP contribution in [0, 0.1) is 0 Å². The SMILES string of the molecule is CCC[C@@H](CCO)Nc1nc(N)nc2c3ccccc3n(Cc3cc(C4=CCCNC4)ccc3OC)c12. The second-order valence-corrected chi connectivity index (χ2v) is 9.59. The van der Waals surface area contributed by atoms with Gasteiger partial charge in [-0.3, -0.25) is 0 Å². The summed E-state index contributed by atoms with van der Waals surface area (Å²) in [5.74, 6) is 1.77. The van der Waals surface area contributed by atoms with Gasteiger partial charge in [-0.25, -0.2) is 4.98 Å². The Kier molecular flexibility index (Phi) is 7.58. The minimum Gasteiger partial charge on any atom is -0.496 e. The van der Waals surface area contributed by atoms with Crippen LogP contribution in [0.15, 0.2) is 48.5 Å². The topological polar surface area (TPSA) is 110 Å². The number of nitrogens with two attached hydrogens (primary N) is 1. The number of aliphatic hydroxyl groups is 1. The Morgan fingerprint density at radius 1 is 1.19 bits per heavy atom. The Hall–Kier alpha value is -3.62. The van der Waals surface area contributed by atoms with Crippen molar-refractivity contribution in [3.05, 3.63) is 59.7 Å². The number of para-hydroxylation sites is 1. The highest BCUT2D eigenvalue weighted by Crippen LogP contribution is 2.35. The second-order valence-electron chi connectivity index (χ2n) is 9.59. The molecule has 3 heterocycles. The number of nitrogens with one attached hydrogen (secondary N) is 2. The number of nitrogen functional groups attached to an aromatic ring is 1. The molecule has 1 aliphatic heterocycles. The summed E-state index contributed by atoms with van der Waals surface area (Å²) in [5.41, 5.74) is 12.6. The summed E-state index contributed by atoms with van der Waals surface area (Å²) < 4.78 is 8.05. The minimum absolute atomic E-state index is 0.0857. The van der Waals surface area contributed by atoms with E-state index in [0.29, 0.717) is 18.8 Å². The number of fused-ring (bicyclic) bond motifs is 3. The summed E-state index contributed by atoms with van der Waals surface area (Å²) >= 11 is 0. The number of anilines is 2. The highest BCUT2D eigenvalue weighted by molar-refractivity contribution is 6.09. The van der Waals surface area contributed by atoms with Gasteiger partial charge in [0.05, 0.1) is 19.2 Å². The fraction of sp³-hybridized carbons (Fsp3) is 0.379. The van der Waals surface area contributed by atoms with Crippen molar-refractivity contribution in [2.24, 2.45) is 0 Å². The molecule has 1 aliphatic rings. The highest BCUT2D eigenvalue weighted by Gasteiger charge is 2.21. The maximum atomic E-state index is 9.64. The summed E-state index contributed by atoms with van der Waals surface area (Å²) in [4.78, 5) is 9.31. The van der Waals surface area contributed by atoms with Gasteiger partial charge in [0, 0.05) is 30.1 Å². The quantitative estimate of drug-likeness (QED) is 0.253. The number of rotatable bonds is 10. The molecular weight excluding hydrogens is 464 g/mol. The van der Waals surface area contributed by atoms with Gasteiger partial charge in [0.15, 0.2) is 5.82 Å². The molecule has 0 radical (unpaired) electrons. The Balaban J connectivity index is 1.67. The van der Waals surface area contributed by atoms with E-state index in [1.54, 1.807) is 7.11 Å². The van der Waals surface area contributed by atoms with Crippen LogP contribution in [0.4, 0.5) is 11.8 Å². The zero-order chi connectivity index (χ0) is 25.8. The van der Waals surface area contributed by atoms with Crippen molar-refractivity contribution in [2.45, 2.75) is 45.2 Å². The number of ether oxygens (including phenoxy) is 1. The number of aliphatic hydroxyl groups excluding tert-OH is 1. The first-order chi connectivity index (χ1) is 18.1. The second kappa shape index (κ2) is 11.2. The number of aromatic nitrogens is 3. The summed E-state index contributed by atoms with van der Waals surface area (Å²) in [5, 5.41) is 17.7. The minimum atomic E-state index is 0.0857. The van der Waals surface area contributed by atoms with Gasteiger partial charge in [0.25, 0.3) is 0 Å². The number of methoxy groups -OCH3 is 1. The van der Waals surface area contributed by atoms with E-state index >= 15 is 0 Å². The molecule has 4 aromatic rings. The van der Waals surface area contributed by atoms with E-state index in [-0.39, 0.29) is 18.6 Å². The maximum Gasteiger partial charge on any atom is 0.222 e. The Labute approximate surface area is 217 Å². The van der Waals surface area contributed by atoms with Gasteiger partial charge in [-0.05, 0) is 55.1 Å². The summed E-state index contributed by atoms with van der Waals surface area (Å²) in [6.07, 6.45) is 5.91. The van der Waals surface area contributed by atoms with Crippen molar-refractivity contribution in [3.8, 4) is 5.75 Å². The Morgan fingerprint density at radius 2 is 2.05 bits per heavy atom. The van der Waals surface area contributed by atoms with Gasteiger partial charge in [0.1, 0.15) is 16.8 Å². The van der Waals surface area contributed by atoms with E-state index in [4.69, 9.17) is 10.5 Å². The first kappa shape index (κ1) is 25.0. The van der Waals surface area contributed by atoms with Crippen LogP contribution in [-0.4, -0.2) is 52.5 Å². The third-order valence-corrected chi connectivity index (χ3v) is 7.08. The lowest BCUT2D eigenvalue weighted by atomic mass is 9.99. The van der Waals surface area contributed by atoms with Crippen molar-refractivity contribution in [1.29, 1.82) is 0 Å². The molecule has 8 nitrogen and oxygen atoms in total. The highest BCUT2D eigenvalue weighted by atomic mass is 16.5. The van der Waals surface area contributed by atoms with E-state index < -0.39 is 0 Å². The Morgan fingerprint density at radius 3 is 2.81 bits per heavy atom. The van der Waals surface area contributed by atoms with E-state index in [1.807, 2.05) is 12.1 Å². The van der Waals surface area contributed by atoms with Gasteiger partial charge < -0.3 is 30.8 Å². The largest absolute Gasteiger partial charge is 0.496 e. The van der Waals surface area contributed by atoms with Gasteiger partial charge in [0.2, 0.25) is 5.95 Å². The van der Waals surface area contributed by atoms with Crippen molar-refractivity contribution in [2.75, 3.05) is 37.9 Å². The van der Waals surface area contributed by atoms with Crippen LogP contribution in [0.1, 0.15) is 43.7 Å². The third kappa shape index (κ3) is 5.12. The lowest BCUT2D eigenvalue weighted by Gasteiger charge is -2.20. The molecule has 0 bridgehead atoms. The van der Waals surface area contributed by atoms with Crippen LogP contribution in [-0.2, 0) is 6.54 Å². The molecule has 0 amide bonds. The van der Waals surface area contributed by atoms with Crippen LogP contribution >= 0.6 is 0 Å². The van der Waals surface area contributed by atoms with Crippen LogP contribution < -0.4 is 21.1 Å². The fourth-order valence-corrected chi connectivity index (χ4v) is 5.33. The molecule has 0 fully saturated rings. The number of benzene rings is 2. The summed E-state index contributed by atoms with van der Waals surface area (Å²) in [6, 6.07) is 14.8. The molecule has 0 saturated carbocycles. The molecule has 0 spiro atoms. The molecule has 0 saturated heterocycles. The van der Waals surface area contributed by atoms with Crippen LogP contribution in [0.2, 0.25) is 0 Å². The molecule has 37 heavy (non-hydrogen) atoms. The van der Waals surface area contributed by atoms with E-state index in [1.165, 1.54) is 11.1 Å². The first-order valence-corrected chi connectivity index (χ1v) is 13.1. The van der Waals surface area contributed by atoms with E-state index in [9.17, 15) is 5.11 Å². The van der Waals surface area contributed by atoms with Gasteiger partial charge >= 0.3 is 0 Å². The zero-order valence-electron chi connectivity index (χ0n) is 21.6. The van der Waals surface area contributed by atoms with Crippen LogP contribution in [0.25, 0.3) is 27.5 Å². The van der Waals surface area contributed by atoms with E-state index in [2.05, 4.69) is 68.5 Å². The molecule has 2 aromatic heterocycles. The monoisotopic (exact) mass is 500 g/mol. The van der Waals surface area contributed by atoms with Crippen LogP contribution in [0.5, 0.6) is 5.75 Å². The molecule has 0 aliphatic carbocycles. The lowest BCUT2D eigenvalue weighted by molar-refractivity contribution is 0.276.